The van der Waals surface area contributed by atoms with Gasteiger partial charge >= 0.3 is 0 Å². The molecule has 1 aliphatic rings. The van der Waals surface area contributed by atoms with Gasteiger partial charge in [0.05, 0.1) is 6.20 Å². The largest absolute Gasteiger partial charge is 0.303 e. The van der Waals surface area contributed by atoms with E-state index in [1.165, 1.54) is 25.0 Å². The Bertz CT molecular complexity index is 385. The van der Waals surface area contributed by atoms with Crippen molar-refractivity contribution in [2.75, 3.05) is 19.6 Å². The molecule has 1 aliphatic heterocycles. The Morgan fingerprint density at radius 3 is 2.76 bits per heavy atom. The quantitative estimate of drug-likeness (QED) is 0.751. The number of pyridine rings is 1. The summed E-state index contributed by atoms with van der Waals surface area (Å²) in [5.74, 6) is -0.489. The Morgan fingerprint density at radius 2 is 2.18 bits per heavy atom. The molecule has 17 heavy (non-hydrogen) atoms. The Labute approximate surface area is 101 Å². The van der Waals surface area contributed by atoms with E-state index in [0.29, 0.717) is 5.69 Å². The first-order chi connectivity index (χ1) is 8.16. The minimum atomic E-state index is -0.409. The maximum atomic E-state index is 12.7. The smallest absolute Gasteiger partial charge is 0.185 e. The fourth-order valence-electron chi connectivity index (χ4n) is 2.21. The number of halogens is 1. The average Bonchev–Trinajstić information content (AvgIpc) is 2.82. The van der Waals surface area contributed by atoms with Gasteiger partial charge in [0.25, 0.3) is 0 Å². The number of rotatable bonds is 4. The first-order valence-corrected chi connectivity index (χ1v) is 6.05. The minimum Gasteiger partial charge on any atom is -0.303 e. The summed E-state index contributed by atoms with van der Waals surface area (Å²) >= 11 is 0. The molecular weight excluding hydrogens is 219 g/mol. The van der Waals surface area contributed by atoms with Crippen LogP contribution in [0.25, 0.3) is 0 Å². The van der Waals surface area contributed by atoms with E-state index in [1.807, 2.05) is 6.92 Å². The highest BCUT2D eigenvalue weighted by Gasteiger charge is 2.21. The molecular formula is C13H17FN2O. The normalized spacial score (nSPS) is 18.2. The number of carbonyl (C=O) groups excluding carboxylic acids is 1. The number of hydrogen-bond donors (Lipinski definition) is 0. The lowest BCUT2D eigenvalue weighted by molar-refractivity contribution is 0.0897. The van der Waals surface area contributed by atoms with Crippen LogP contribution in [0.5, 0.6) is 0 Å². The zero-order chi connectivity index (χ0) is 12.3. The summed E-state index contributed by atoms with van der Waals surface area (Å²) in [5.41, 5.74) is 0.359. The van der Waals surface area contributed by atoms with Crippen molar-refractivity contribution in [3.05, 3.63) is 29.8 Å². The Morgan fingerprint density at radius 1 is 1.47 bits per heavy atom. The van der Waals surface area contributed by atoms with E-state index in [-0.39, 0.29) is 11.7 Å². The first kappa shape index (κ1) is 12.2. The van der Waals surface area contributed by atoms with Gasteiger partial charge in [0, 0.05) is 12.5 Å². The lowest BCUT2D eigenvalue weighted by atomic mass is 10.0. The van der Waals surface area contributed by atoms with Crippen LogP contribution in [0.1, 0.15) is 30.3 Å². The summed E-state index contributed by atoms with van der Waals surface area (Å²) < 4.78 is 12.7. The van der Waals surface area contributed by atoms with Gasteiger partial charge in [-0.05, 0) is 38.1 Å². The Kier molecular flexibility index (Phi) is 3.84. The molecule has 92 valence electrons. The lowest BCUT2D eigenvalue weighted by Crippen LogP contribution is -2.29. The molecule has 2 heterocycles. The van der Waals surface area contributed by atoms with Crippen LogP contribution in [0.2, 0.25) is 0 Å². The summed E-state index contributed by atoms with van der Waals surface area (Å²) in [6.45, 7) is 4.84. The molecule has 1 aromatic rings. The van der Waals surface area contributed by atoms with Crippen LogP contribution in [-0.4, -0.2) is 35.3 Å². The number of nitrogens with zero attached hydrogens (tertiary/aromatic N) is 2. The van der Waals surface area contributed by atoms with Gasteiger partial charge in [-0.15, -0.1) is 0 Å². The molecule has 0 bridgehead atoms. The summed E-state index contributed by atoms with van der Waals surface area (Å²) in [4.78, 5) is 18.2. The number of likely N-dealkylation sites (tertiary alicyclic amines) is 1. The molecule has 0 aromatic carbocycles. The number of hydrogen-bond acceptors (Lipinski definition) is 3. The highest BCUT2D eigenvalue weighted by Crippen LogP contribution is 2.13. The fraction of sp³-hybridized carbons (Fsp3) is 0.538. The van der Waals surface area contributed by atoms with Crippen molar-refractivity contribution in [2.24, 2.45) is 5.92 Å². The first-order valence-electron chi connectivity index (χ1n) is 6.05. The van der Waals surface area contributed by atoms with Crippen molar-refractivity contribution in [2.45, 2.75) is 19.8 Å². The second kappa shape index (κ2) is 5.36. The zero-order valence-corrected chi connectivity index (χ0v) is 10.0. The van der Waals surface area contributed by atoms with Crippen molar-refractivity contribution in [1.29, 1.82) is 0 Å². The minimum absolute atomic E-state index is 0.00287. The van der Waals surface area contributed by atoms with Crippen LogP contribution in [0.3, 0.4) is 0 Å². The molecule has 0 aliphatic carbocycles. The second-order valence-corrected chi connectivity index (χ2v) is 4.63. The van der Waals surface area contributed by atoms with Crippen molar-refractivity contribution >= 4 is 5.78 Å². The van der Waals surface area contributed by atoms with Gasteiger partial charge in [0.15, 0.2) is 5.78 Å². The molecule has 1 aromatic heterocycles. The van der Waals surface area contributed by atoms with Crippen molar-refractivity contribution in [3.8, 4) is 0 Å². The molecule has 0 N–H and O–H groups in total. The van der Waals surface area contributed by atoms with E-state index < -0.39 is 5.82 Å². The van der Waals surface area contributed by atoms with Crippen LogP contribution in [0.15, 0.2) is 18.3 Å². The van der Waals surface area contributed by atoms with Gasteiger partial charge in [0.1, 0.15) is 11.5 Å². The van der Waals surface area contributed by atoms with Gasteiger partial charge in [-0.1, -0.05) is 6.92 Å². The number of Topliss-reactive ketones (excluding diaryl/α,β-unsaturated/α-hetero) is 1. The van der Waals surface area contributed by atoms with Crippen LogP contribution < -0.4 is 0 Å². The predicted octanol–water partition coefficient (Wildman–Crippen LogP) is 2.14. The van der Waals surface area contributed by atoms with Crippen LogP contribution >= 0.6 is 0 Å². The monoisotopic (exact) mass is 236 g/mol. The molecule has 0 radical (unpaired) electrons. The molecule has 2 rings (SSSR count). The van der Waals surface area contributed by atoms with E-state index in [9.17, 15) is 9.18 Å². The summed E-state index contributed by atoms with van der Waals surface area (Å²) in [6, 6.07) is 2.74. The number of aromatic nitrogens is 1. The predicted molar refractivity (Wildman–Crippen MR) is 63.4 cm³/mol. The highest BCUT2D eigenvalue weighted by atomic mass is 19.1. The standard InChI is InChI=1S/C13H17FN2O/c1-10(9-16-6-2-3-7-16)13(17)12-5-4-11(14)8-15-12/h4-5,8,10H,2-3,6-7,9H2,1H3. The fourth-order valence-corrected chi connectivity index (χ4v) is 2.21. The molecule has 1 unspecified atom stereocenters. The molecule has 0 spiro atoms. The van der Waals surface area contributed by atoms with Gasteiger partial charge < -0.3 is 4.90 Å². The van der Waals surface area contributed by atoms with Gasteiger partial charge in [-0.3, -0.25) is 9.78 Å². The molecule has 1 fully saturated rings. The maximum Gasteiger partial charge on any atom is 0.185 e. The van der Waals surface area contributed by atoms with Gasteiger partial charge in [-0.2, -0.15) is 0 Å². The van der Waals surface area contributed by atoms with Crippen molar-refractivity contribution in [1.82, 2.24) is 9.88 Å². The van der Waals surface area contributed by atoms with Crippen LogP contribution in [-0.2, 0) is 0 Å². The van der Waals surface area contributed by atoms with Crippen LogP contribution in [0.4, 0.5) is 4.39 Å². The number of carbonyl (C=O) groups is 1. The SMILES string of the molecule is CC(CN1CCCC1)C(=O)c1ccc(F)cn1. The lowest BCUT2D eigenvalue weighted by Gasteiger charge is -2.18. The number of ketones is 1. The summed E-state index contributed by atoms with van der Waals surface area (Å²) in [7, 11) is 0. The van der Waals surface area contributed by atoms with E-state index >= 15 is 0 Å². The average molecular weight is 236 g/mol. The highest BCUT2D eigenvalue weighted by molar-refractivity contribution is 5.95. The van der Waals surface area contributed by atoms with E-state index in [0.717, 1.165) is 25.8 Å². The third-order valence-electron chi connectivity index (χ3n) is 3.16. The third-order valence-corrected chi connectivity index (χ3v) is 3.16. The molecule has 1 saturated heterocycles. The molecule has 1 atom stereocenters. The van der Waals surface area contributed by atoms with Gasteiger partial charge in [0.2, 0.25) is 0 Å². The molecule has 0 amide bonds. The molecule has 0 saturated carbocycles. The Hall–Kier alpha value is -1.29. The third kappa shape index (κ3) is 3.09. The van der Waals surface area contributed by atoms with Crippen molar-refractivity contribution in [3.63, 3.8) is 0 Å². The molecule has 3 nitrogen and oxygen atoms in total. The van der Waals surface area contributed by atoms with E-state index in [4.69, 9.17) is 0 Å². The second-order valence-electron chi connectivity index (χ2n) is 4.63. The zero-order valence-electron chi connectivity index (χ0n) is 10.0. The van der Waals surface area contributed by atoms with Crippen molar-refractivity contribution < 1.29 is 9.18 Å². The summed E-state index contributed by atoms with van der Waals surface area (Å²) in [6.07, 6.45) is 3.53. The van der Waals surface area contributed by atoms with E-state index in [1.54, 1.807) is 0 Å². The van der Waals surface area contributed by atoms with Gasteiger partial charge in [-0.25, -0.2) is 4.39 Å². The van der Waals surface area contributed by atoms with Crippen LogP contribution in [0, 0.1) is 11.7 Å². The Balaban J connectivity index is 1.96. The van der Waals surface area contributed by atoms with E-state index in [2.05, 4.69) is 9.88 Å². The molecule has 4 heteroatoms. The summed E-state index contributed by atoms with van der Waals surface area (Å²) in [5, 5.41) is 0. The topological polar surface area (TPSA) is 33.2 Å². The maximum absolute atomic E-state index is 12.7.